The molecule has 1 N–H and O–H groups in total. The number of hydrogen-bond donors (Lipinski definition) is 1. The van der Waals surface area contributed by atoms with Gasteiger partial charge in [-0.2, -0.15) is 0 Å². The number of nitro benzene ring substituents is 1. The smallest absolute Gasteiger partial charge is 0.270 e. The fourth-order valence-corrected chi connectivity index (χ4v) is 2.68. The van der Waals surface area contributed by atoms with E-state index in [0.717, 1.165) is 6.07 Å². The van der Waals surface area contributed by atoms with E-state index in [1.54, 1.807) is 42.1 Å². The zero-order chi connectivity index (χ0) is 19.6. The number of anilines is 1. The Hall–Kier alpha value is -3.52. The third kappa shape index (κ3) is 3.85. The monoisotopic (exact) mass is 384 g/mol. The lowest BCUT2D eigenvalue weighted by molar-refractivity contribution is -0.384. The molecule has 2 aromatic carbocycles. The number of hydrogen-bond acceptors (Lipinski definition) is 5. The van der Waals surface area contributed by atoms with Crippen LogP contribution >= 0.6 is 11.6 Å². The van der Waals surface area contributed by atoms with E-state index in [0.29, 0.717) is 17.1 Å². The van der Waals surface area contributed by atoms with Crippen molar-refractivity contribution in [2.45, 2.75) is 0 Å². The second kappa shape index (κ2) is 7.38. The van der Waals surface area contributed by atoms with Gasteiger partial charge in [-0.3, -0.25) is 19.7 Å². The minimum atomic E-state index is -0.592. The van der Waals surface area contributed by atoms with E-state index in [9.17, 15) is 19.7 Å². The Labute approximate surface area is 158 Å². The molecule has 3 rings (SSSR count). The van der Waals surface area contributed by atoms with E-state index in [1.807, 2.05) is 0 Å². The highest BCUT2D eigenvalue weighted by molar-refractivity contribution is 6.34. The van der Waals surface area contributed by atoms with E-state index < -0.39 is 10.8 Å². The van der Waals surface area contributed by atoms with Crippen molar-refractivity contribution in [3.8, 4) is 0 Å². The topological polar surface area (TPSA) is 107 Å². The molecule has 9 heteroatoms. The molecule has 0 aliphatic carbocycles. The Kier molecular flexibility index (Phi) is 5.00. The molecule has 0 atom stereocenters. The maximum atomic E-state index is 12.4. The maximum absolute atomic E-state index is 12.4. The molecule has 0 bridgehead atoms. The van der Waals surface area contributed by atoms with Crippen molar-refractivity contribution in [2.24, 2.45) is 7.05 Å². The summed E-state index contributed by atoms with van der Waals surface area (Å²) in [5.74, 6) is -0.443. The van der Waals surface area contributed by atoms with Gasteiger partial charge in [0, 0.05) is 42.8 Å². The molecular formula is C18H13ClN4O4. The lowest BCUT2D eigenvalue weighted by Gasteiger charge is -2.08. The van der Waals surface area contributed by atoms with Gasteiger partial charge in [0.1, 0.15) is 0 Å². The van der Waals surface area contributed by atoms with Crippen LogP contribution in [0.4, 0.5) is 11.4 Å². The Morgan fingerprint density at radius 2 is 1.89 bits per heavy atom. The lowest BCUT2D eigenvalue weighted by Crippen LogP contribution is -2.13. The van der Waals surface area contributed by atoms with Crippen molar-refractivity contribution in [1.29, 1.82) is 0 Å². The SMILES string of the molecule is Cn1ccnc1C(=O)c1ccc(NC(=O)c2ccc([N+](=O)[O-])cc2Cl)cc1. The van der Waals surface area contributed by atoms with Gasteiger partial charge in [-0.25, -0.2) is 4.98 Å². The molecule has 0 aliphatic heterocycles. The second-order valence-electron chi connectivity index (χ2n) is 5.64. The molecule has 1 amide bonds. The van der Waals surface area contributed by atoms with E-state index in [4.69, 9.17) is 11.6 Å². The quantitative estimate of drug-likeness (QED) is 0.411. The molecule has 0 unspecified atom stereocenters. The minimum absolute atomic E-state index is 0.0247. The maximum Gasteiger partial charge on any atom is 0.270 e. The summed E-state index contributed by atoms with van der Waals surface area (Å²) in [5, 5.41) is 13.3. The summed E-state index contributed by atoms with van der Waals surface area (Å²) >= 11 is 5.95. The van der Waals surface area contributed by atoms with Crippen LogP contribution in [0.5, 0.6) is 0 Å². The predicted octanol–water partition coefficient (Wildman–Crippen LogP) is 3.47. The van der Waals surface area contributed by atoms with Crippen LogP contribution in [0.2, 0.25) is 5.02 Å². The van der Waals surface area contributed by atoms with Crippen molar-refractivity contribution in [2.75, 3.05) is 5.32 Å². The highest BCUT2D eigenvalue weighted by Crippen LogP contribution is 2.23. The number of nitrogens with zero attached hydrogens (tertiary/aromatic N) is 3. The number of aryl methyl sites for hydroxylation is 1. The van der Waals surface area contributed by atoms with Crippen molar-refractivity contribution in [1.82, 2.24) is 9.55 Å². The van der Waals surface area contributed by atoms with Gasteiger partial charge in [0.05, 0.1) is 15.5 Å². The van der Waals surface area contributed by atoms with Gasteiger partial charge in [0.25, 0.3) is 11.6 Å². The summed E-state index contributed by atoms with van der Waals surface area (Å²) < 4.78 is 1.62. The first-order chi connectivity index (χ1) is 12.9. The van der Waals surface area contributed by atoms with Gasteiger partial charge in [0.15, 0.2) is 5.82 Å². The minimum Gasteiger partial charge on any atom is -0.331 e. The summed E-state index contributed by atoms with van der Waals surface area (Å²) in [7, 11) is 1.72. The molecule has 0 saturated heterocycles. The number of nitro groups is 1. The molecule has 136 valence electrons. The van der Waals surface area contributed by atoms with Crippen LogP contribution in [-0.4, -0.2) is 26.2 Å². The largest absolute Gasteiger partial charge is 0.331 e. The molecule has 0 saturated carbocycles. The summed E-state index contributed by atoms with van der Waals surface area (Å²) in [6, 6.07) is 9.91. The van der Waals surface area contributed by atoms with E-state index in [-0.39, 0.29) is 22.1 Å². The zero-order valence-electron chi connectivity index (χ0n) is 14.0. The third-order valence-electron chi connectivity index (χ3n) is 3.84. The van der Waals surface area contributed by atoms with Gasteiger partial charge in [0.2, 0.25) is 5.78 Å². The molecular weight excluding hydrogens is 372 g/mol. The van der Waals surface area contributed by atoms with E-state index >= 15 is 0 Å². The van der Waals surface area contributed by atoms with Crippen LogP contribution in [0.15, 0.2) is 54.9 Å². The molecule has 8 nitrogen and oxygen atoms in total. The number of non-ortho nitro benzene ring substituents is 1. The van der Waals surface area contributed by atoms with Crippen molar-refractivity contribution in [3.63, 3.8) is 0 Å². The Morgan fingerprint density at radius 1 is 1.19 bits per heavy atom. The number of carbonyl (C=O) groups is 2. The predicted molar refractivity (Wildman–Crippen MR) is 99.1 cm³/mol. The molecule has 27 heavy (non-hydrogen) atoms. The molecule has 3 aromatic rings. The summed E-state index contributed by atoms with van der Waals surface area (Å²) in [4.78, 5) is 38.8. The van der Waals surface area contributed by atoms with Gasteiger partial charge < -0.3 is 9.88 Å². The number of benzene rings is 2. The van der Waals surface area contributed by atoms with E-state index in [1.165, 1.54) is 18.3 Å². The van der Waals surface area contributed by atoms with Crippen LogP contribution in [-0.2, 0) is 7.05 Å². The first kappa shape index (κ1) is 18.3. The lowest BCUT2D eigenvalue weighted by atomic mass is 10.1. The standard InChI is InChI=1S/C18H13ClN4O4/c1-22-9-8-20-17(22)16(24)11-2-4-12(5-3-11)21-18(25)14-7-6-13(23(26)27)10-15(14)19/h2-10H,1H3,(H,21,25). The first-order valence-electron chi connectivity index (χ1n) is 7.74. The van der Waals surface area contributed by atoms with Crippen molar-refractivity contribution in [3.05, 3.63) is 86.9 Å². The number of ketones is 1. The summed E-state index contributed by atoms with van der Waals surface area (Å²) in [5.41, 5.74) is 0.783. The third-order valence-corrected chi connectivity index (χ3v) is 4.15. The van der Waals surface area contributed by atoms with Gasteiger partial charge in [-0.1, -0.05) is 11.6 Å². The van der Waals surface area contributed by atoms with Crippen LogP contribution in [0.3, 0.4) is 0 Å². The van der Waals surface area contributed by atoms with Gasteiger partial charge >= 0.3 is 0 Å². The van der Waals surface area contributed by atoms with Gasteiger partial charge in [-0.15, -0.1) is 0 Å². The Balaban J connectivity index is 1.75. The molecule has 1 aromatic heterocycles. The Bertz CT molecular complexity index is 1040. The van der Waals surface area contributed by atoms with E-state index in [2.05, 4.69) is 10.3 Å². The number of rotatable bonds is 5. The fourth-order valence-electron chi connectivity index (χ4n) is 2.42. The van der Waals surface area contributed by atoms with Crippen LogP contribution in [0, 0.1) is 10.1 Å². The Morgan fingerprint density at radius 3 is 2.44 bits per heavy atom. The van der Waals surface area contributed by atoms with Crippen LogP contribution in [0.25, 0.3) is 0 Å². The highest BCUT2D eigenvalue weighted by atomic mass is 35.5. The average Bonchev–Trinajstić information content (AvgIpc) is 3.07. The summed E-state index contributed by atoms with van der Waals surface area (Å²) in [6.45, 7) is 0. The zero-order valence-corrected chi connectivity index (χ0v) is 14.8. The van der Waals surface area contributed by atoms with Gasteiger partial charge in [-0.05, 0) is 30.3 Å². The molecule has 0 spiro atoms. The molecule has 0 aliphatic rings. The number of amides is 1. The number of aromatic nitrogens is 2. The molecule has 0 fully saturated rings. The number of nitrogens with one attached hydrogen (secondary N) is 1. The fraction of sp³-hybridized carbons (Fsp3) is 0.0556. The number of carbonyl (C=O) groups excluding carboxylic acids is 2. The van der Waals surface area contributed by atoms with Crippen molar-refractivity contribution < 1.29 is 14.5 Å². The van der Waals surface area contributed by atoms with Crippen molar-refractivity contribution >= 4 is 34.7 Å². The normalized spacial score (nSPS) is 10.4. The first-order valence-corrected chi connectivity index (χ1v) is 8.12. The van der Waals surface area contributed by atoms with Crippen LogP contribution in [0.1, 0.15) is 26.5 Å². The summed E-state index contributed by atoms with van der Waals surface area (Å²) in [6.07, 6.45) is 3.21. The van der Waals surface area contributed by atoms with Crippen LogP contribution < -0.4 is 5.32 Å². The second-order valence-corrected chi connectivity index (χ2v) is 6.05. The molecule has 1 heterocycles. The number of halogens is 1. The highest BCUT2D eigenvalue weighted by Gasteiger charge is 2.16. The molecule has 0 radical (unpaired) electrons. The number of imidazole rings is 1. The average molecular weight is 385 g/mol.